The molecular weight excluding hydrogens is 378 g/mol. The molecule has 1 unspecified atom stereocenters. The lowest BCUT2D eigenvalue weighted by atomic mass is 9.98. The number of nitriles is 1. The highest BCUT2D eigenvalue weighted by Crippen LogP contribution is 2.39. The van der Waals surface area contributed by atoms with Crippen molar-refractivity contribution in [1.29, 1.82) is 5.26 Å². The van der Waals surface area contributed by atoms with Crippen LogP contribution in [0.25, 0.3) is 0 Å². The second-order valence-corrected chi connectivity index (χ2v) is 9.40. The quantitative estimate of drug-likeness (QED) is 0.641. The first-order valence-electron chi connectivity index (χ1n) is 8.95. The van der Waals surface area contributed by atoms with Crippen LogP contribution in [0.5, 0.6) is 0 Å². The van der Waals surface area contributed by atoms with Gasteiger partial charge in [0.15, 0.2) is 4.34 Å². The molecule has 0 saturated heterocycles. The Morgan fingerprint density at radius 1 is 1.37 bits per heavy atom. The normalized spacial score (nSPS) is 15.8. The van der Waals surface area contributed by atoms with Crippen molar-refractivity contribution in [2.24, 2.45) is 5.92 Å². The number of hydrogen-bond acceptors (Lipinski definition) is 7. The Morgan fingerprint density at radius 2 is 2.07 bits per heavy atom. The summed E-state index contributed by atoms with van der Waals surface area (Å²) in [4.78, 5) is 12.2. The molecule has 0 bridgehead atoms. The molecule has 1 aliphatic carbocycles. The maximum absolute atomic E-state index is 12.2. The zero-order valence-electron chi connectivity index (χ0n) is 15.7. The van der Waals surface area contributed by atoms with E-state index in [4.69, 9.17) is 0 Å². The largest absolute Gasteiger partial charge is 0.337 e. The number of thioether (sulfide) groups is 1. The van der Waals surface area contributed by atoms with E-state index >= 15 is 0 Å². The van der Waals surface area contributed by atoms with E-state index in [1.54, 1.807) is 6.92 Å². The molecule has 1 amide bonds. The fourth-order valence-corrected chi connectivity index (χ4v) is 4.30. The number of rotatable bonds is 8. The second-order valence-electron chi connectivity index (χ2n) is 7.20. The first kappa shape index (κ1) is 19.6. The van der Waals surface area contributed by atoms with Gasteiger partial charge in [0.25, 0.3) is 0 Å². The van der Waals surface area contributed by atoms with Crippen LogP contribution in [-0.4, -0.2) is 27.4 Å². The fraction of sp³-hybridized carbons (Fsp3) is 0.474. The third-order valence-electron chi connectivity index (χ3n) is 4.59. The Labute approximate surface area is 167 Å². The summed E-state index contributed by atoms with van der Waals surface area (Å²) in [6.07, 6.45) is 2.00. The summed E-state index contributed by atoms with van der Waals surface area (Å²) < 4.78 is 0.719. The van der Waals surface area contributed by atoms with Gasteiger partial charge in [-0.2, -0.15) is 5.26 Å². The molecule has 1 aromatic carbocycles. The van der Waals surface area contributed by atoms with E-state index in [1.165, 1.54) is 28.7 Å². The SMILES string of the molecule is CC(C)c1ccc(Nc2nnc(SCC(=O)NC(C)(C#N)C3CC3)s2)cc1. The molecule has 0 aliphatic heterocycles. The van der Waals surface area contributed by atoms with E-state index in [1.807, 2.05) is 12.1 Å². The first-order chi connectivity index (χ1) is 12.9. The van der Waals surface area contributed by atoms with Crippen LogP contribution in [0.15, 0.2) is 28.6 Å². The molecule has 6 nitrogen and oxygen atoms in total. The molecule has 8 heteroatoms. The average Bonchev–Trinajstić information content (AvgIpc) is 3.42. The van der Waals surface area contributed by atoms with Gasteiger partial charge in [-0.05, 0) is 49.3 Å². The van der Waals surface area contributed by atoms with E-state index in [0.29, 0.717) is 11.0 Å². The van der Waals surface area contributed by atoms with Crippen molar-refractivity contribution in [3.05, 3.63) is 29.8 Å². The van der Waals surface area contributed by atoms with E-state index in [2.05, 4.69) is 52.9 Å². The van der Waals surface area contributed by atoms with Crippen LogP contribution < -0.4 is 10.6 Å². The van der Waals surface area contributed by atoms with Crippen molar-refractivity contribution in [3.8, 4) is 6.07 Å². The highest BCUT2D eigenvalue weighted by Gasteiger charge is 2.42. The Morgan fingerprint density at radius 3 is 2.67 bits per heavy atom. The Kier molecular flexibility index (Phi) is 6.02. The van der Waals surface area contributed by atoms with Gasteiger partial charge in [-0.15, -0.1) is 10.2 Å². The lowest BCUT2D eigenvalue weighted by Crippen LogP contribution is -2.47. The van der Waals surface area contributed by atoms with Crippen molar-refractivity contribution in [2.75, 3.05) is 11.1 Å². The minimum atomic E-state index is -0.756. The number of aromatic nitrogens is 2. The van der Waals surface area contributed by atoms with Crippen molar-refractivity contribution in [1.82, 2.24) is 15.5 Å². The highest BCUT2D eigenvalue weighted by molar-refractivity contribution is 8.01. The van der Waals surface area contributed by atoms with Crippen LogP contribution in [0.3, 0.4) is 0 Å². The van der Waals surface area contributed by atoms with Gasteiger partial charge in [0.05, 0.1) is 11.8 Å². The average molecular weight is 402 g/mol. The van der Waals surface area contributed by atoms with Crippen LogP contribution >= 0.6 is 23.1 Å². The van der Waals surface area contributed by atoms with E-state index < -0.39 is 5.54 Å². The molecule has 1 aromatic heterocycles. The van der Waals surface area contributed by atoms with Crippen molar-refractivity contribution >= 4 is 39.8 Å². The molecule has 27 heavy (non-hydrogen) atoms. The summed E-state index contributed by atoms with van der Waals surface area (Å²) in [6, 6.07) is 10.5. The number of benzene rings is 1. The third kappa shape index (κ3) is 5.21. The standard InChI is InChI=1S/C19H23N5OS2/c1-12(2)13-4-8-15(9-5-13)21-17-23-24-18(27-17)26-10-16(25)22-19(3,11-20)14-6-7-14/h4-5,8-9,12,14H,6-7,10H2,1-3H3,(H,21,23)(H,22,25). The third-order valence-corrected chi connectivity index (χ3v) is 6.56. The summed E-state index contributed by atoms with van der Waals surface area (Å²) in [7, 11) is 0. The van der Waals surface area contributed by atoms with Gasteiger partial charge in [-0.25, -0.2) is 0 Å². The fourth-order valence-electron chi connectivity index (χ4n) is 2.73. The molecule has 0 spiro atoms. The number of hydrogen-bond donors (Lipinski definition) is 2. The molecule has 3 rings (SSSR count). The Balaban J connectivity index is 1.50. The van der Waals surface area contributed by atoms with Crippen LogP contribution in [-0.2, 0) is 4.79 Å². The summed E-state index contributed by atoms with van der Waals surface area (Å²) in [5.41, 5.74) is 1.49. The van der Waals surface area contributed by atoms with Crippen molar-refractivity contribution in [2.45, 2.75) is 49.4 Å². The minimum absolute atomic E-state index is 0.148. The van der Waals surface area contributed by atoms with Crippen LogP contribution in [0.1, 0.15) is 45.1 Å². The van der Waals surface area contributed by atoms with Crippen molar-refractivity contribution < 1.29 is 4.79 Å². The highest BCUT2D eigenvalue weighted by atomic mass is 32.2. The Bertz CT molecular complexity index is 839. The molecule has 1 fully saturated rings. The number of nitrogens with one attached hydrogen (secondary N) is 2. The van der Waals surface area contributed by atoms with Crippen molar-refractivity contribution in [3.63, 3.8) is 0 Å². The van der Waals surface area contributed by atoms with Gasteiger partial charge >= 0.3 is 0 Å². The van der Waals surface area contributed by atoms with Gasteiger partial charge < -0.3 is 10.6 Å². The molecule has 1 heterocycles. The minimum Gasteiger partial charge on any atom is -0.337 e. The lowest BCUT2D eigenvalue weighted by Gasteiger charge is -2.22. The molecule has 1 aliphatic rings. The lowest BCUT2D eigenvalue weighted by molar-refractivity contribution is -0.119. The smallest absolute Gasteiger partial charge is 0.231 e. The Hall–Kier alpha value is -2.11. The van der Waals surface area contributed by atoms with E-state index in [0.717, 1.165) is 22.9 Å². The number of anilines is 2. The molecule has 142 valence electrons. The molecule has 2 aromatic rings. The van der Waals surface area contributed by atoms with E-state index in [9.17, 15) is 10.1 Å². The molecule has 1 saturated carbocycles. The number of carbonyl (C=O) groups is 1. The maximum atomic E-state index is 12.2. The van der Waals surface area contributed by atoms with E-state index in [-0.39, 0.29) is 17.6 Å². The zero-order chi connectivity index (χ0) is 19.4. The van der Waals surface area contributed by atoms with Gasteiger partial charge in [0.1, 0.15) is 5.54 Å². The van der Waals surface area contributed by atoms with Crippen LogP contribution in [0, 0.1) is 17.2 Å². The topological polar surface area (TPSA) is 90.7 Å². The number of amides is 1. The molecular formula is C19H23N5OS2. The van der Waals surface area contributed by atoms with Gasteiger partial charge in [-0.3, -0.25) is 4.79 Å². The van der Waals surface area contributed by atoms with Gasteiger partial charge in [0, 0.05) is 5.69 Å². The summed E-state index contributed by atoms with van der Waals surface area (Å²) in [6.45, 7) is 6.12. The predicted molar refractivity (Wildman–Crippen MR) is 109 cm³/mol. The summed E-state index contributed by atoms with van der Waals surface area (Å²) in [5.74, 6) is 0.847. The van der Waals surface area contributed by atoms with Crippen LogP contribution in [0.4, 0.5) is 10.8 Å². The number of nitrogens with zero attached hydrogens (tertiary/aromatic N) is 3. The molecule has 0 radical (unpaired) electrons. The number of carbonyl (C=O) groups excluding carboxylic acids is 1. The first-order valence-corrected chi connectivity index (χ1v) is 10.8. The summed E-state index contributed by atoms with van der Waals surface area (Å²) >= 11 is 2.74. The monoisotopic (exact) mass is 401 g/mol. The van der Waals surface area contributed by atoms with Gasteiger partial charge in [0.2, 0.25) is 11.0 Å². The second kappa shape index (κ2) is 8.28. The van der Waals surface area contributed by atoms with Crippen LogP contribution in [0.2, 0.25) is 0 Å². The maximum Gasteiger partial charge on any atom is 0.231 e. The predicted octanol–water partition coefficient (Wildman–Crippen LogP) is 4.31. The zero-order valence-corrected chi connectivity index (χ0v) is 17.3. The molecule has 1 atom stereocenters. The molecule has 2 N–H and O–H groups in total. The van der Waals surface area contributed by atoms with Gasteiger partial charge in [-0.1, -0.05) is 49.1 Å². The summed E-state index contributed by atoms with van der Waals surface area (Å²) in [5, 5.41) is 24.3.